The number of benzene rings is 1. The number of aryl methyl sites for hydroxylation is 2. The fourth-order valence-corrected chi connectivity index (χ4v) is 5.66. The van der Waals surface area contributed by atoms with E-state index in [1.54, 1.807) is 11.0 Å². The summed E-state index contributed by atoms with van der Waals surface area (Å²) in [7, 11) is 0. The molecule has 3 heterocycles. The first kappa shape index (κ1) is 19.2. The molecule has 0 spiro atoms. The molecule has 27 heavy (non-hydrogen) atoms. The van der Waals surface area contributed by atoms with Gasteiger partial charge in [0.2, 0.25) is 0 Å². The van der Waals surface area contributed by atoms with Crippen LogP contribution in [0.5, 0.6) is 0 Å². The van der Waals surface area contributed by atoms with Gasteiger partial charge in [0.25, 0.3) is 5.91 Å². The maximum absolute atomic E-state index is 13.3. The summed E-state index contributed by atoms with van der Waals surface area (Å²) >= 11 is 15.0. The third-order valence-corrected chi connectivity index (χ3v) is 7.29. The predicted octanol–water partition coefficient (Wildman–Crippen LogP) is 6.11. The van der Waals surface area contributed by atoms with E-state index >= 15 is 0 Å². The summed E-state index contributed by atoms with van der Waals surface area (Å²) in [4.78, 5) is 19.7. The van der Waals surface area contributed by atoms with Gasteiger partial charge >= 0.3 is 0 Å². The van der Waals surface area contributed by atoms with E-state index in [4.69, 9.17) is 32.9 Å². The number of thiazole rings is 1. The molecule has 1 aliphatic rings. The molecule has 1 aromatic carbocycles. The number of rotatable bonds is 4. The van der Waals surface area contributed by atoms with Crippen molar-refractivity contribution in [1.82, 2.24) is 4.98 Å². The zero-order chi connectivity index (χ0) is 19.1. The van der Waals surface area contributed by atoms with Crippen LogP contribution in [0.15, 0.2) is 18.2 Å². The summed E-state index contributed by atoms with van der Waals surface area (Å²) < 4.78 is 7.72. The maximum Gasteiger partial charge on any atom is 0.262 e. The van der Waals surface area contributed by atoms with Crippen LogP contribution in [0.4, 0.5) is 5.13 Å². The molecule has 4 nitrogen and oxygen atoms in total. The summed E-state index contributed by atoms with van der Waals surface area (Å²) in [6.45, 7) is 5.34. The number of anilines is 1. The quantitative estimate of drug-likeness (QED) is 0.491. The number of thiophene rings is 1. The van der Waals surface area contributed by atoms with Gasteiger partial charge in [-0.3, -0.25) is 9.69 Å². The number of hydrogen-bond donors (Lipinski definition) is 0. The van der Waals surface area contributed by atoms with Crippen molar-refractivity contribution in [3.05, 3.63) is 43.6 Å². The summed E-state index contributed by atoms with van der Waals surface area (Å²) in [5.74, 6) is -0.189. The van der Waals surface area contributed by atoms with E-state index in [1.807, 2.05) is 0 Å². The van der Waals surface area contributed by atoms with E-state index in [9.17, 15) is 4.79 Å². The Morgan fingerprint density at radius 1 is 1.26 bits per heavy atom. The molecule has 4 rings (SSSR count). The molecule has 1 saturated heterocycles. The van der Waals surface area contributed by atoms with Crippen LogP contribution >= 0.6 is 45.9 Å². The van der Waals surface area contributed by atoms with Crippen LogP contribution in [-0.2, 0) is 4.74 Å². The van der Waals surface area contributed by atoms with Crippen LogP contribution in [-0.4, -0.2) is 30.1 Å². The van der Waals surface area contributed by atoms with Crippen LogP contribution in [0.3, 0.4) is 0 Å². The van der Waals surface area contributed by atoms with Crippen molar-refractivity contribution >= 4 is 67.1 Å². The number of aromatic nitrogens is 1. The van der Waals surface area contributed by atoms with Gasteiger partial charge in [0, 0.05) is 6.61 Å². The highest BCUT2D eigenvalue weighted by atomic mass is 35.5. The van der Waals surface area contributed by atoms with E-state index in [0.29, 0.717) is 25.9 Å². The Balaban J connectivity index is 1.75. The summed E-state index contributed by atoms with van der Waals surface area (Å²) in [5.41, 5.74) is 3.71. The van der Waals surface area contributed by atoms with Crippen molar-refractivity contribution in [3.8, 4) is 0 Å². The summed E-state index contributed by atoms with van der Waals surface area (Å²) in [6.07, 6.45) is 1.96. The predicted molar refractivity (Wildman–Crippen MR) is 114 cm³/mol. The number of halogens is 2. The monoisotopic (exact) mass is 440 g/mol. The van der Waals surface area contributed by atoms with Crippen molar-refractivity contribution in [3.63, 3.8) is 0 Å². The molecule has 0 unspecified atom stereocenters. The number of hydrogen-bond acceptors (Lipinski definition) is 5. The molecule has 1 amide bonds. The van der Waals surface area contributed by atoms with Gasteiger partial charge in [-0.1, -0.05) is 34.5 Å². The number of amides is 1. The molecule has 0 saturated carbocycles. The molecule has 8 heteroatoms. The van der Waals surface area contributed by atoms with Gasteiger partial charge in [-0.25, -0.2) is 4.98 Å². The second-order valence-electron chi connectivity index (χ2n) is 6.69. The Labute approximate surface area is 175 Å². The average Bonchev–Trinajstić information content (AvgIpc) is 3.33. The molecule has 142 valence electrons. The first-order valence-electron chi connectivity index (χ1n) is 8.68. The van der Waals surface area contributed by atoms with E-state index in [1.165, 1.54) is 33.8 Å². The second-order valence-corrected chi connectivity index (χ2v) is 9.98. The topological polar surface area (TPSA) is 42.4 Å². The van der Waals surface area contributed by atoms with E-state index < -0.39 is 0 Å². The Kier molecular flexibility index (Phi) is 5.45. The number of nitrogens with zero attached hydrogens (tertiary/aromatic N) is 2. The molecule has 0 radical (unpaired) electrons. The molecule has 2 aromatic heterocycles. The minimum atomic E-state index is -0.189. The first-order chi connectivity index (χ1) is 12.9. The highest BCUT2D eigenvalue weighted by Crippen LogP contribution is 2.36. The highest BCUT2D eigenvalue weighted by molar-refractivity contribution is 7.22. The standard InChI is InChI=1S/C19H18Cl2N2O2S2/c1-10-6-14-15(7-11(10)2)26-19(22-14)23(9-12-4-3-5-25-12)18(24)13-8-16(20)27-17(13)21/h6-8,12H,3-5,9H2,1-2H3/t12-/m1/s1. The Bertz CT molecular complexity index is 970. The second kappa shape index (κ2) is 7.68. The Hall–Kier alpha value is -1.18. The number of carbonyl (C=O) groups excluding carboxylic acids is 1. The molecule has 0 bridgehead atoms. The van der Waals surface area contributed by atoms with Crippen molar-refractivity contribution in [1.29, 1.82) is 0 Å². The van der Waals surface area contributed by atoms with Crippen molar-refractivity contribution < 1.29 is 9.53 Å². The lowest BCUT2D eigenvalue weighted by Gasteiger charge is -2.22. The number of carbonyl (C=O) groups is 1. The van der Waals surface area contributed by atoms with Crippen LogP contribution in [0.2, 0.25) is 8.67 Å². The number of fused-ring (bicyclic) bond motifs is 1. The average molecular weight is 441 g/mol. The lowest BCUT2D eigenvalue weighted by atomic mass is 10.1. The van der Waals surface area contributed by atoms with E-state index in [0.717, 1.165) is 29.7 Å². The summed E-state index contributed by atoms with van der Waals surface area (Å²) in [6, 6.07) is 5.81. The molecule has 1 aliphatic heterocycles. The Morgan fingerprint density at radius 3 is 2.70 bits per heavy atom. The third kappa shape index (κ3) is 3.87. The van der Waals surface area contributed by atoms with Crippen molar-refractivity contribution in [2.45, 2.75) is 32.8 Å². The largest absolute Gasteiger partial charge is 0.376 e. The number of ether oxygens (including phenoxy) is 1. The minimum Gasteiger partial charge on any atom is -0.376 e. The highest BCUT2D eigenvalue weighted by Gasteiger charge is 2.29. The van der Waals surface area contributed by atoms with E-state index in [2.05, 4.69) is 26.0 Å². The maximum atomic E-state index is 13.3. The zero-order valence-corrected chi connectivity index (χ0v) is 18.1. The van der Waals surface area contributed by atoms with Gasteiger partial charge < -0.3 is 4.74 Å². The van der Waals surface area contributed by atoms with Gasteiger partial charge in [0.05, 0.1) is 32.8 Å². The molecule has 1 fully saturated rings. The third-order valence-electron chi connectivity index (χ3n) is 4.77. The van der Waals surface area contributed by atoms with Crippen LogP contribution in [0, 0.1) is 13.8 Å². The van der Waals surface area contributed by atoms with E-state index in [-0.39, 0.29) is 12.0 Å². The molecule has 1 atom stereocenters. The summed E-state index contributed by atoms with van der Waals surface area (Å²) in [5, 5.41) is 0.661. The minimum absolute atomic E-state index is 0.0114. The molecule has 0 aliphatic carbocycles. The van der Waals surface area contributed by atoms with Gasteiger partial charge in [-0.15, -0.1) is 11.3 Å². The smallest absolute Gasteiger partial charge is 0.262 e. The van der Waals surface area contributed by atoms with Gasteiger partial charge in [0.15, 0.2) is 5.13 Å². The van der Waals surface area contributed by atoms with Crippen LogP contribution < -0.4 is 4.90 Å². The van der Waals surface area contributed by atoms with Crippen molar-refractivity contribution in [2.24, 2.45) is 0 Å². The van der Waals surface area contributed by atoms with Gasteiger partial charge in [0.1, 0.15) is 4.34 Å². The molecule has 0 N–H and O–H groups in total. The van der Waals surface area contributed by atoms with Crippen molar-refractivity contribution in [2.75, 3.05) is 18.1 Å². The lowest BCUT2D eigenvalue weighted by molar-refractivity contribution is 0.0918. The molecular weight excluding hydrogens is 423 g/mol. The normalized spacial score (nSPS) is 17.0. The van der Waals surface area contributed by atoms with Crippen LogP contribution in [0.1, 0.15) is 34.3 Å². The molecular formula is C19H18Cl2N2O2S2. The first-order valence-corrected chi connectivity index (χ1v) is 11.1. The fourth-order valence-electron chi connectivity index (χ4n) is 3.15. The lowest BCUT2D eigenvalue weighted by Crippen LogP contribution is -2.37. The van der Waals surface area contributed by atoms with Gasteiger partial charge in [-0.2, -0.15) is 0 Å². The molecule has 3 aromatic rings. The fraction of sp³-hybridized carbons (Fsp3) is 0.368. The Morgan fingerprint density at radius 2 is 2.04 bits per heavy atom. The zero-order valence-electron chi connectivity index (χ0n) is 14.9. The van der Waals surface area contributed by atoms with Crippen LogP contribution in [0.25, 0.3) is 10.2 Å². The van der Waals surface area contributed by atoms with Gasteiger partial charge in [-0.05, 0) is 56.0 Å². The SMILES string of the molecule is Cc1cc2nc(N(C[C@H]3CCCO3)C(=O)c3cc(Cl)sc3Cl)sc2cc1C.